The first-order valence-corrected chi connectivity index (χ1v) is 9.82. The average Bonchev–Trinajstić information content (AvgIpc) is 3.38. The number of nitrogens with zero attached hydrogens (tertiary/aromatic N) is 3. The molecule has 2 aliphatic rings. The predicted molar refractivity (Wildman–Crippen MR) is 103 cm³/mol. The molecule has 144 valence electrons. The Kier molecular flexibility index (Phi) is 5.27. The molecule has 2 heterocycles. The maximum absolute atomic E-state index is 12.4. The van der Waals surface area contributed by atoms with Crippen LogP contribution in [0.15, 0.2) is 40.9 Å². The average molecular weight is 368 g/mol. The summed E-state index contributed by atoms with van der Waals surface area (Å²) in [6.07, 6.45) is 2.33. The van der Waals surface area contributed by atoms with E-state index >= 15 is 0 Å². The summed E-state index contributed by atoms with van der Waals surface area (Å²) in [7, 11) is 0. The van der Waals surface area contributed by atoms with Gasteiger partial charge in [-0.3, -0.25) is 14.6 Å². The summed E-state index contributed by atoms with van der Waals surface area (Å²) in [5, 5.41) is 7.11. The summed E-state index contributed by atoms with van der Waals surface area (Å²) in [6, 6.07) is 12.5. The molecule has 2 fully saturated rings. The van der Waals surface area contributed by atoms with Crippen molar-refractivity contribution in [3.8, 4) is 0 Å². The first-order valence-electron chi connectivity index (χ1n) is 9.82. The zero-order chi connectivity index (χ0) is 18.7. The third-order valence-corrected chi connectivity index (χ3v) is 5.75. The second-order valence-corrected chi connectivity index (χ2v) is 7.91. The highest BCUT2D eigenvalue weighted by atomic mass is 16.5. The fraction of sp³-hybridized carbons (Fsp3) is 0.524. The summed E-state index contributed by atoms with van der Waals surface area (Å²) in [5.41, 5.74) is 2.44. The fourth-order valence-electron chi connectivity index (χ4n) is 3.85. The molecule has 1 aromatic heterocycles. The summed E-state index contributed by atoms with van der Waals surface area (Å²) >= 11 is 0. The Hall–Kier alpha value is -2.18. The highest BCUT2D eigenvalue weighted by Gasteiger charge is 2.44. The van der Waals surface area contributed by atoms with E-state index in [1.54, 1.807) is 0 Å². The molecule has 27 heavy (non-hydrogen) atoms. The molecule has 1 saturated heterocycles. The molecule has 1 amide bonds. The van der Waals surface area contributed by atoms with Gasteiger partial charge in [0.2, 0.25) is 5.91 Å². The Bertz CT molecular complexity index is 761. The lowest BCUT2D eigenvalue weighted by molar-refractivity contribution is -0.122. The second-order valence-electron chi connectivity index (χ2n) is 7.91. The highest BCUT2D eigenvalue weighted by Crippen LogP contribution is 2.47. The largest absolute Gasteiger partial charge is 0.360 e. The number of aryl methyl sites for hydroxylation is 1. The van der Waals surface area contributed by atoms with Crippen LogP contribution in [0.2, 0.25) is 0 Å². The molecule has 0 spiro atoms. The van der Waals surface area contributed by atoms with Crippen LogP contribution in [-0.2, 0) is 16.8 Å². The molecule has 2 aromatic rings. The van der Waals surface area contributed by atoms with Gasteiger partial charge >= 0.3 is 0 Å². The van der Waals surface area contributed by atoms with Crippen molar-refractivity contribution in [1.29, 1.82) is 0 Å². The maximum Gasteiger partial charge on any atom is 0.234 e. The summed E-state index contributed by atoms with van der Waals surface area (Å²) in [6.45, 7) is 7.67. The predicted octanol–water partition coefficient (Wildman–Crippen LogP) is 1.95. The van der Waals surface area contributed by atoms with Gasteiger partial charge in [0, 0.05) is 44.2 Å². The minimum absolute atomic E-state index is 0.136. The van der Waals surface area contributed by atoms with Gasteiger partial charge in [-0.05, 0) is 25.3 Å². The first kappa shape index (κ1) is 18.2. The number of hydrogen-bond acceptors (Lipinski definition) is 5. The van der Waals surface area contributed by atoms with Crippen molar-refractivity contribution in [2.45, 2.75) is 31.7 Å². The summed E-state index contributed by atoms with van der Waals surface area (Å²) < 4.78 is 5.30. The zero-order valence-electron chi connectivity index (χ0n) is 16.0. The number of benzene rings is 1. The zero-order valence-corrected chi connectivity index (χ0v) is 16.0. The van der Waals surface area contributed by atoms with Gasteiger partial charge in [0.15, 0.2) is 5.76 Å². The van der Waals surface area contributed by atoms with Gasteiger partial charge in [-0.1, -0.05) is 35.5 Å². The molecule has 0 bridgehead atoms. The van der Waals surface area contributed by atoms with Crippen molar-refractivity contribution in [1.82, 2.24) is 20.3 Å². The van der Waals surface area contributed by atoms with Crippen molar-refractivity contribution < 1.29 is 9.32 Å². The Balaban J connectivity index is 1.19. The quantitative estimate of drug-likeness (QED) is 0.809. The Morgan fingerprint density at radius 3 is 2.48 bits per heavy atom. The van der Waals surface area contributed by atoms with Crippen molar-refractivity contribution in [2.24, 2.45) is 0 Å². The molecule has 1 aromatic carbocycles. The van der Waals surface area contributed by atoms with Crippen LogP contribution in [0.1, 0.15) is 29.9 Å². The van der Waals surface area contributed by atoms with Gasteiger partial charge in [0.25, 0.3) is 0 Å². The van der Waals surface area contributed by atoms with Gasteiger partial charge < -0.3 is 9.84 Å². The lowest BCUT2D eigenvalue weighted by Crippen LogP contribution is -2.49. The third-order valence-electron chi connectivity index (χ3n) is 5.75. The lowest BCUT2D eigenvalue weighted by atomic mass is 9.96. The number of hydrogen-bond donors (Lipinski definition) is 1. The molecular formula is C21H28N4O2. The van der Waals surface area contributed by atoms with E-state index in [1.165, 1.54) is 5.56 Å². The number of aromatic nitrogens is 1. The summed E-state index contributed by atoms with van der Waals surface area (Å²) in [5.74, 6) is 1.05. The van der Waals surface area contributed by atoms with Crippen molar-refractivity contribution >= 4 is 5.91 Å². The van der Waals surface area contributed by atoms with Crippen molar-refractivity contribution in [2.75, 3.05) is 39.3 Å². The van der Waals surface area contributed by atoms with Crippen LogP contribution in [0.4, 0.5) is 0 Å². The lowest BCUT2D eigenvalue weighted by Gasteiger charge is -2.33. The van der Waals surface area contributed by atoms with Crippen LogP contribution >= 0.6 is 0 Å². The van der Waals surface area contributed by atoms with E-state index in [4.69, 9.17) is 4.52 Å². The van der Waals surface area contributed by atoms with Gasteiger partial charge in [-0.2, -0.15) is 0 Å². The Morgan fingerprint density at radius 1 is 1.15 bits per heavy atom. The van der Waals surface area contributed by atoms with Crippen LogP contribution < -0.4 is 5.32 Å². The first-order chi connectivity index (χ1) is 13.1. The number of carbonyl (C=O) groups excluding carboxylic acids is 1. The van der Waals surface area contributed by atoms with E-state index in [2.05, 4.69) is 44.5 Å². The molecular weight excluding hydrogens is 340 g/mol. The fourth-order valence-corrected chi connectivity index (χ4v) is 3.85. The molecule has 0 atom stereocenters. The van der Waals surface area contributed by atoms with Crippen LogP contribution in [0.3, 0.4) is 0 Å². The van der Waals surface area contributed by atoms with E-state index in [9.17, 15) is 4.79 Å². The maximum atomic E-state index is 12.4. The van der Waals surface area contributed by atoms with Gasteiger partial charge in [0.1, 0.15) is 0 Å². The molecule has 1 aliphatic carbocycles. The molecule has 1 aliphatic heterocycles. The molecule has 6 nitrogen and oxygen atoms in total. The van der Waals surface area contributed by atoms with E-state index in [0.717, 1.165) is 63.6 Å². The summed E-state index contributed by atoms with van der Waals surface area (Å²) in [4.78, 5) is 17.0. The number of nitrogens with one attached hydrogen (secondary N) is 1. The van der Waals surface area contributed by atoms with E-state index in [0.29, 0.717) is 6.54 Å². The Morgan fingerprint density at radius 2 is 1.85 bits per heavy atom. The van der Waals surface area contributed by atoms with Crippen LogP contribution in [0.25, 0.3) is 0 Å². The van der Waals surface area contributed by atoms with E-state index in [1.807, 2.05) is 19.1 Å². The second kappa shape index (κ2) is 7.82. The van der Waals surface area contributed by atoms with E-state index in [-0.39, 0.29) is 11.3 Å². The van der Waals surface area contributed by atoms with Crippen LogP contribution in [-0.4, -0.2) is 60.1 Å². The van der Waals surface area contributed by atoms with Gasteiger partial charge in [-0.15, -0.1) is 0 Å². The Labute approximate surface area is 160 Å². The third kappa shape index (κ3) is 4.57. The molecule has 4 rings (SSSR count). The normalized spacial score (nSPS) is 19.7. The molecule has 0 radical (unpaired) electrons. The number of carbonyl (C=O) groups is 1. The van der Waals surface area contributed by atoms with E-state index < -0.39 is 0 Å². The smallest absolute Gasteiger partial charge is 0.234 e. The van der Waals surface area contributed by atoms with Crippen LogP contribution in [0, 0.1) is 6.92 Å². The van der Waals surface area contributed by atoms with Gasteiger partial charge in [0.05, 0.1) is 18.8 Å². The SMILES string of the molecule is Cc1cc(CN2CCN(CC(=O)NCC3(c4ccccc4)CC3)CC2)on1. The molecule has 6 heteroatoms. The molecule has 0 unspecified atom stereocenters. The molecule has 1 N–H and O–H groups in total. The minimum atomic E-state index is 0.136. The van der Waals surface area contributed by atoms with Crippen LogP contribution in [0.5, 0.6) is 0 Å². The topological polar surface area (TPSA) is 61.6 Å². The number of piperazine rings is 1. The monoisotopic (exact) mass is 368 g/mol. The minimum Gasteiger partial charge on any atom is -0.360 e. The number of rotatable bonds is 7. The highest BCUT2D eigenvalue weighted by molar-refractivity contribution is 5.78. The van der Waals surface area contributed by atoms with Crippen molar-refractivity contribution in [3.63, 3.8) is 0 Å². The standard InChI is InChI=1S/C21H28N4O2/c1-17-13-19(27-23-17)14-24-9-11-25(12-10-24)15-20(26)22-16-21(7-8-21)18-5-3-2-4-6-18/h2-6,13H,7-12,14-16H2,1H3,(H,22,26). The van der Waals surface area contributed by atoms with Crippen molar-refractivity contribution in [3.05, 3.63) is 53.4 Å². The van der Waals surface area contributed by atoms with Gasteiger partial charge in [-0.25, -0.2) is 0 Å². The molecule has 1 saturated carbocycles. The number of amides is 1.